The molecule has 0 fully saturated rings. The van der Waals surface area contributed by atoms with Crippen LogP contribution in [-0.4, -0.2) is 17.1 Å². The molecule has 5 aromatic rings. The summed E-state index contributed by atoms with van der Waals surface area (Å²) in [5.74, 6) is 0.488. The number of hydrogen-bond donors (Lipinski definition) is 0. The molecule has 1 aromatic heterocycles. The van der Waals surface area contributed by atoms with E-state index in [1.807, 2.05) is 91.0 Å². The fraction of sp³-hybridized carbons (Fsp3) is 0.184. The molecular weight excluding hydrogens is 651 g/mol. The second-order valence-corrected chi connectivity index (χ2v) is 13.2. The molecule has 0 spiro atoms. The van der Waals surface area contributed by atoms with Crippen LogP contribution in [0.5, 0.6) is 5.75 Å². The number of carbonyl (C=O) groups is 1. The Hall–Kier alpha value is -4.43. The van der Waals surface area contributed by atoms with Gasteiger partial charge in [-0.3, -0.25) is 9.36 Å². The van der Waals surface area contributed by atoms with Gasteiger partial charge in [-0.1, -0.05) is 121 Å². The van der Waals surface area contributed by atoms with Gasteiger partial charge >= 0.3 is 5.97 Å². The Kier molecular flexibility index (Phi) is 9.78. The van der Waals surface area contributed by atoms with E-state index in [9.17, 15) is 9.59 Å². The molecule has 9 heteroatoms. The molecule has 0 N–H and O–H groups in total. The van der Waals surface area contributed by atoms with Crippen molar-refractivity contribution >= 4 is 52.3 Å². The Morgan fingerprint density at radius 3 is 2.36 bits per heavy atom. The first-order chi connectivity index (χ1) is 22.7. The highest BCUT2D eigenvalue weighted by molar-refractivity contribution is 7.07. The van der Waals surface area contributed by atoms with E-state index in [2.05, 4.69) is 13.8 Å². The van der Waals surface area contributed by atoms with Crippen molar-refractivity contribution in [3.63, 3.8) is 0 Å². The Balaban J connectivity index is 1.43. The first kappa shape index (κ1) is 32.5. The number of aromatic nitrogens is 1. The zero-order chi connectivity index (χ0) is 33.1. The van der Waals surface area contributed by atoms with Gasteiger partial charge in [-0.2, -0.15) is 0 Å². The minimum atomic E-state index is -0.723. The number of rotatable bonds is 9. The van der Waals surface area contributed by atoms with Crippen LogP contribution < -0.4 is 19.6 Å². The molecule has 6 rings (SSSR count). The van der Waals surface area contributed by atoms with Crippen molar-refractivity contribution in [2.75, 3.05) is 6.61 Å². The largest absolute Gasteiger partial charge is 0.489 e. The van der Waals surface area contributed by atoms with Gasteiger partial charge in [-0.05, 0) is 59.9 Å². The molecule has 0 unspecified atom stereocenters. The summed E-state index contributed by atoms with van der Waals surface area (Å²) in [5, 5.41) is 1.11. The molecule has 6 nitrogen and oxygen atoms in total. The lowest BCUT2D eigenvalue weighted by Gasteiger charge is -2.26. The highest BCUT2D eigenvalue weighted by Crippen LogP contribution is 2.35. The van der Waals surface area contributed by atoms with E-state index in [0.717, 1.165) is 27.8 Å². The molecule has 0 saturated carbocycles. The van der Waals surface area contributed by atoms with Gasteiger partial charge in [0.05, 0.1) is 28.5 Å². The fourth-order valence-electron chi connectivity index (χ4n) is 5.43. The van der Waals surface area contributed by atoms with Crippen molar-refractivity contribution < 1.29 is 14.3 Å². The standard InChI is InChI=1S/C38H32Cl2N2O4S/c1-4-45-37(44)33-34(26-8-6-5-7-9-26)41-38-42(35(33)27-14-12-25(13-15-27)23(2)3)36(43)32(47-38)20-24-10-18-30(19-11-24)46-22-28-16-17-29(39)21-31(28)40/h5-21,23,35H,4,22H2,1-3H3/b32-20-/t35-/m1/s1. The Morgan fingerprint density at radius 1 is 0.979 bits per heavy atom. The molecule has 0 aliphatic carbocycles. The monoisotopic (exact) mass is 682 g/mol. The molecule has 238 valence electrons. The normalized spacial score (nSPS) is 14.6. The molecule has 0 amide bonds. The van der Waals surface area contributed by atoms with Crippen LogP contribution in [0.2, 0.25) is 10.0 Å². The molecular formula is C38H32Cl2N2O4S. The van der Waals surface area contributed by atoms with Crippen molar-refractivity contribution in [2.45, 2.75) is 39.3 Å². The van der Waals surface area contributed by atoms with E-state index < -0.39 is 12.0 Å². The number of fused-ring (bicyclic) bond motifs is 1. The van der Waals surface area contributed by atoms with E-state index in [-0.39, 0.29) is 12.2 Å². The zero-order valence-corrected chi connectivity index (χ0v) is 28.4. The summed E-state index contributed by atoms with van der Waals surface area (Å²) in [6, 6.07) is 29.6. The van der Waals surface area contributed by atoms with E-state index in [0.29, 0.717) is 48.9 Å². The average molecular weight is 684 g/mol. The number of nitrogens with zero attached hydrogens (tertiary/aromatic N) is 2. The summed E-state index contributed by atoms with van der Waals surface area (Å²) < 4.78 is 13.6. The Bertz CT molecular complexity index is 2140. The zero-order valence-electron chi connectivity index (χ0n) is 26.1. The fourth-order valence-corrected chi connectivity index (χ4v) is 6.89. The number of hydrogen-bond acceptors (Lipinski definition) is 6. The number of thiazole rings is 1. The molecule has 1 aliphatic heterocycles. The van der Waals surface area contributed by atoms with Crippen LogP contribution in [0.4, 0.5) is 0 Å². The van der Waals surface area contributed by atoms with E-state index >= 15 is 0 Å². The molecule has 0 bridgehead atoms. The van der Waals surface area contributed by atoms with Crippen LogP contribution in [0.1, 0.15) is 60.5 Å². The van der Waals surface area contributed by atoms with Gasteiger partial charge in [0.2, 0.25) is 0 Å². The third-order valence-corrected chi connectivity index (χ3v) is 9.45. The maximum Gasteiger partial charge on any atom is 0.338 e. The molecule has 2 heterocycles. The molecule has 0 saturated heterocycles. The van der Waals surface area contributed by atoms with Crippen molar-refractivity contribution in [1.82, 2.24) is 4.57 Å². The number of ether oxygens (including phenoxy) is 2. The van der Waals surface area contributed by atoms with Crippen molar-refractivity contribution in [2.24, 2.45) is 4.99 Å². The van der Waals surface area contributed by atoms with Crippen LogP contribution >= 0.6 is 34.5 Å². The predicted octanol–water partition coefficient (Wildman–Crippen LogP) is 7.94. The van der Waals surface area contributed by atoms with Gasteiger partial charge < -0.3 is 9.47 Å². The van der Waals surface area contributed by atoms with Crippen LogP contribution in [0.15, 0.2) is 112 Å². The van der Waals surface area contributed by atoms with Crippen LogP contribution in [0.25, 0.3) is 11.8 Å². The molecule has 0 radical (unpaired) electrons. The van der Waals surface area contributed by atoms with Crippen LogP contribution in [0, 0.1) is 0 Å². The van der Waals surface area contributed by atoms with Gasteiger partial charge in [-0.25, -0.2) is 9.79 Å². The first-order valence-corrected chi connectivity index (χ1v) is 16.9. The lowest BCUT2D eigenvalue weighted by molar-refractivity contribution is -0.138. The molecule has 1 atom stereocenters. The highest BCUT2D eigenvalue weighted by Gasteiger charge is 2.35. The number of benzene rings is 4. The summed E-state index contributed by atoms with van der Waals surface area (Å²) in [7, 11) is 0. The van der Waals surface area contributed by atoms with Gasteiger partial charge in [0.1, 0.15) is 12.4 Å². The molecule has 47 heavy (non-hydrogen) atoms. The van der Waals surface area contributed by atoms with Crippen molar-refractivity contribution in [3.05, 3.63) is 160 Å². The van der Waals surface area contributed by atoms with E-state index in [4.69, 9.17) is 37.7 Å². The van der Waals surface area contributed by atoms with Crippen LogP contribution in [-0.2, 0) is 16.1 Å². The smallest absolute Gasteiger partial charge is 0.338 e. The predicted molar refractivity (Wildman–Crippen MR) is 189 cm³/mol. The van der Waals surface area contributed by atoms with Crippen molar-refractivity contribution in [1.29, 1.82) is 0 Å². The molecule has 4 aromatic carbocycles. The SMILES string of the molecule is CCOC(=O)C1=C(c2ccccc2)N=c2s/c(=C\c3ccc(OCc4ccc(Cl)cc4Cl)cc3)c(=O)n2[C@@H]1c1ccc(C(C)C)cc1. The Morgan fingerprint density at radius 2 is 1.70 bits per heavy atom. The summed E-state index contributed by atoms with van der Waals surface area (Å²) in [6.07, 6.45) is 1.83. The van der Waals surface area contributed by atoms with Gasteiger partial charge in [0, 0.05) is 21.2 Å². The second kappa shape index (κ2) is 14.1. The topological polar surface area (TPSA) is 69.9 Å². The third kappa shape index (κ3) is 6.98. The van der Waals surface area contributed by atoms with Gasteiger partial charge in [0.25, 0.3) is 5.56 Å². The molecule has 1 aliphatic rings. The lowest BCUT2D eigenvalue weighted by atomic mass is 9.91. The number of halogens is 2. The maximum absolute atomic E-state index is 14.2. The minimum Gasteiger partial charge on any atom is -0.489 e. The first-order valence-electron chi connectivity index (χ1n) is 15.3. The van der Waals surface area contributed by atoms with Gasteiger partial charge in [0.15, 0.2) is 4.80 Å². The summed E-state index contributed by atoms with van der Waals surface area (Å²) in [5.41, 5.74) is 4.97. The van der Waals surface area contributed by atoms with E-state index in [1.54, 1.807) is 23.6 Å². The maximum atomic E-state index is 14.2. The summed E-state index contributed by atoms with van der Waals surface area (Å²) >= 11 is 13.6. The quantitative estimate of drug-likeness (QED) is 0.148. The van der Waals surface area contributed by atoms with Gasteiger partial charge in [-0.15, -0.1) is 0 Å². The Labute approximate surface area is 286 Å². The number of carbonyl (C=O) groups excluding carboxylic acids is 1. The summed E-state index contributed by atoms with van der Waals surface area (Å²) in [6.45, 7) is 6.51. The van der Waals surface area contributed by atoms with Crippen molar-refractivity contribution in [3.8, 4) is 5.75 Å². The average Bonchev–Trinajstić information content (AvgIpc) is 3.38. The minimum absolute atomic E-state index is 0.195. The number of esters is 1. The van der Waals surface area contributed by atoms with Crippen LogP contribution in [0.3, 0.4) is 0 Å². The van der Waals surface area contributed by atoms with E-state index in [1.165, 1.54) is 11.3 Å². The summed E-state index contributed by atoms with van der Waals surface area (Å²) in [4.78, 5) is 33.3. The lowest BCUT2D eigenvalue weighted by Crippen LogP contribution is -2.40. The second-order valence-electron chi connectivity index (χ2n) is 11.3. The highest BCUT2D eigenvalue weighted by atomic mass is 35.5. The third-order valence-electron chi connectivity index (χ3n) is 7.88.